The first kappa shape index (κ1) is 14.0. The van der Waals surface area contributed by atoms with Gasteiger partial charge in [-0.05, 0) is 12.1 Å². The van der Waals surface area contributed by atoms with Crippen molar-refractivity contribution in [1.29, 1.82) is 0 Å². The maximum absolute atomic E-state index is 11.4. The van der Waals surface area contributed by atoms with Gasteiger partial charge in [-0.3, -0.25) is 9.59 Å². The lowest BCUT2D eigenvalue weighted by atomic mass is 10.3. The largest absolute Gasteiger partial charge is 0.376 e. The number of ether oxygens (including phenoxy) is 1. The number of hydrogen-bond acceptors (Lipinski definition) is 4. The van der Waals surface area contributed by atoms with Gasteiger partial charge in [-0.15, -0.1) is 0 Å². The van der Waals surface area contributed by atoms with Gasteiger partial charge < -0.3 is 21.1 Å². The van der Waals surface area contributed by atoms with E-state index in [0.717, 1.165) is 5.69 Å². The summed E-state index contributed by atoms with van der Waals surface area (Å²) in [5.74, 6) is -0.659. The molecule has 0 atom stereocenters. The number of para-hydroxylation sites is 1. The summed E-state index contributed by atoms with van der Waals surface area (Å²) in [5, 5.41) is 5.62. The van der Waals surface area contributed by atoms with E-state index in [1.54, 1.807) is 0 Å². The summed E-state index contributed by atoms with van der Waals surface area (Å²) in [6.45, 7) is 0.681. The van der Waals surface area contributed by atoms with Crippen LogP contribution < -0.4 is 16.4 Å². The first-order valence-corrected chi connectivity index (χ1v) is 5.60. The Hall–Kier alpha value is -2.08. The molecule has 0 bridgehead atoms. The fraction of sp³-hybridized carbons (Fsp3) is 0.333. The lowest BCUT2D eigenvalue weighted by molar-refractivity contribution is -0.122. The monoisotopic (exact) mass is 251 g/mol. The highest BCUT2D eigenvalue weighted by Gasteiger charge is 2.00. The van der Waals surface area contributed by atoms with Crippen LogP contribution in [0.3, 0.4) is 0 Å². The van der Waals surface area contributed by atoms with Gasteiger partial charge in [0.1, 0.15) is 6.61 Å². The van der Waals surface area contributed by atoms with Crippen LogP contribution in [-0.2, 0) is 14.3 Å². The van der Waals surface area contributed by atoms with Gasteiger partial charge in [0.15, 0.2) is 0 Å². The molecule has 6 heteroatoms. The van der Waals surface area contributed by atoms with E-state index in [0.29, 0.717) is 6.54 Å². The maximum atomic E-state index is 11.4. The number of carbonyl (C=O) groups excluding carboxylic acids is 2. The molecular formula is C12H17N3O3. The molecule has 18 heavy (non-hydrogen) atoms. The van der Waals surface area contributed by atoms with Gasteiger partial charge in [0.2, 0.25) is 11.8 Å². The van der Waals surface area contributed by atoms with Gasteiger partial charge in [0.25, 0.3) is 0 Å². The van der Waals surface area contributed by atoms with Crippen molar-refractivity contribution in [2.24, 2.45) is 5.73 Å². The first-order chi connectivity index (χ1) is 8.68. The van der Waals surface area contributed by atoms with E-state index in [4.69, 9.17) is 10.5 Å². The zero-order valence-corrected chi connectivity index (χ0v) is 10.0. The molecule has 0 aliphatic heterocycles. The molecule has 0 spiro atoms. The number of nitrogens with two attached hydrogens (primary N) is 1. The summed E-state index contributed by atoms with van der Waals surface area (Å²) in [4.78, 5) is 21.7. The van der Waals surface area contributed by atoms with Crippen LogP contribution >= 0.6 is 0 Å². The van der Waals surface area contributed by atoms with Crippen molar-refractivity contribution in [2.75, 3.05) is 31.6 Å². The summed E-state index contributed by atoms with van der Waals surface area (Å²) < 4.78 is 4.90. The van der Waals surface area contributed by atoms with Crippen molar-refractivity contribution in [2.45, 2.75) is 0 Å². The van der Waals surface area contributed by atoms with Crippen LogP contribution in [0.1, 0.15) is 0 Å². The van der Waals surface area contributed by atoms with Crippen LogP contribution in [0, 0.1) is 0 Å². The smallest absolute Gasteiger partial charge is 0.243 e. The first-order valence-electron chi connectivity index (χ1n) is 5.60. The number of anilines is 1. The van der Waals surface area contributed by atoms with Gasteiger partial charge in [-0.1, -0.05) is 18.2 Å². The molecule has 1 aromatic carbocycles. The average molecular weight is 251 g/mol. The third kappa shape index (κ3) is 6.49. The molecule has 1 rings (SSSR count). The lowest BCUT2D eigenvalue weighted by Crippen LogP contribution is -2.33. The van der Waals surface area contributed by atoms with E-state index in [9.17, 15) is 9.59 Å². The molecule has 0 radical (unpaired) electrons. The normalized spacial score (nSPS) is 9.78. The Morgan fingerprint density at radius 3 is 2.61 bits per heavy atom. The number of primary amides is 1. The number of hydrogen-bond donors (Lipinski definition) is 3. The molecule has 0 saturated heterocycles. The van der Waals surface area contributed by atoms with Crippen molar-refractivity contribution >= 4 is 17.5 Å². The van der Waals surface area contributed by atoms with E-state index in [1.165, 1.54) is 0 Å². The van der Waals surface area contributed by atoms with Crippen LogP contribution in [0.2, 0.25) is 0 Å². The number of carbonyl (C=O) groups is 2. The van der Waals surface area contributed by atoms with E-state index in [2.05, 4.69) is 10.6 Å². The third-order valence-electron chi connectivity index (χ3n) is 2.04. The van der Waals surface area contributed by atoms with Gasteiger partial charge >= 0.3 is 0 Å². The average Bonchev–Trinajstić information content (AvgIpc) is 2.37. The zero-order chi connectivity index (χ0) is 13.2. The highest BCUT2D eigenvalue weighted by Crippen LogP contribution is 2.03. The topological polar surface area (TPSA) is 93.5 Å². The Labute approximate surface area is 105 Å². The quantitative estimate of drug-likeness (QED) is 0.554. The minimum atomic E-state index is -0.521. The SMILES string of the molecule is NC(=O)COCCNC(=O)CNc1ccccc1. The molecule has 0 saturated carbocycles. The number of benzene rings is 1. The van der Waals surface area contributed by atoms with E-state index in [1.807, 2.05) is 30.3 Å². The van der Waals surface area contributed by atoms with Gasteiger partial charge in [-0.25, -0.2) is 0 Å². The molecule has 0 heterocycles. The van der Waals surface area contributed by atoms with Gasteiger partial charge in [0.05, 0.1) is 13.2 Å². The standard InChI is InChI=1S/C12H17N3O3/c13-11(16)9-18-7-6-14-12(17)8-15-10-4-2-1-3-5-10/h1-5,15H,6-9H2,(H2,13,16)(H,14,17). The molecule has 0 aliphatic rings. The minimum Gasteiger partial charge on any atom is -0.376 e. The van der Waals surface area contributed by atoms with Crippen LogP contribution in [0.5, 0.6) is 0 Å². The van der Waals surface area contributed by atoms with Crippen molar-refractivity contribution in [3.63, 3.8) is 0 Å². The number of amides is 2. The Balaban J connectivity index is 2.06. The molecule has 0 aliphatic carbocycles. The highest BCUT2D eigenvalue weighted by atomic mass is 16.5. The molecule has 4 N–H and O–H groups in total. The van der Waals surface area contributed by atoms with Crippen molar-refractivity contribution in [3.8, 4) is 0 Å². The maximum Gasteiger partial charge on any atom is 0.243 e. The zero-order valence-electron chi connectivity index (χ0n) is 10.0. The third-order valence-corrected chi connectivity index (χ3v) is 2.04. The van der Waals surface area contributed by atoms with Crippen molar-refractivity contribution in [1.82, 2.24) is 5.32 Å². The molecule has 2 amide bonds. The van der Waals surface area contributed by atoms with Crippen molar-refractivity contribution < 1.29 is 14.3 Å². The second kappa shape index (κ2) is 8.08. The van der Waals surface area contributed by atoms with E-state index < -0.39 is 5.91 Å². The summed E-state index contributed by atoms with van der Waals surface area (Å²) in [6, 6.07) is 9.43. The van der Waals surface area contributed by atoms with Gasteiger partial charge in [0, 0.05) is 12.2 Å². The number of rotatable bonds is 8. The predicted octanol–water partition coefficient (Wildman–Crippen LogP) is -0.283. The fourth-order valence-electron chi connectivity index (χ4n) is 1.24. The van der Waals surface area contributed by atoms with Crippen molar-refractivity contribution in [3.05, 3.63) is 30.3 Å². The molecule has 1 aromatic rings. The van der Waals surface area contributed by atoms with E-state index in [-0.39, 0.29) is 25.7 Å². The lowest BCUT2D eigenvalue weighted by Gasteiger charge is -2.07. The summed E-state index contributed by atoms with van der Waals surface area (Å²) >= 11 is 0. The Kier molecular flexibility index (Phi) is 6.27. The van der Waals surface area contributed by atoms with Gasteiger partial charge in [-0.2, -0.15) is 0 Å². The molecule has 0 unspecified atom stereocenters. The van der Waals surface area contributed by atoms with Crippen LogP contribution in [0.15, 0.2) is 30.3 Å². The van der Waals surface area contributed by atoms with Crippen LogP contribution in [0.25, 0.3) is 0 Å². The Morgan fingerprint density at radius 1 is 1.22 bits per heavy atom. The second-order valence-corrected chi connectivity index (χ2v) is 3.59. The van der Waals surface area contributed by atoms with E-state index >= 15 is 0 Å². The Bertz CT molecular complexity index is 381. The molecule has 98 valence electrons. The second-order valence-electron chi connectivity index (χ2n) is 3.59. The highest BCUT2D eigenvalue weighted by molar-refractivity contribution is 5.80. The molecular weight excluding hydrogens is 234 g/mol. The minimum absolute atomic E-state index is 0.127. The Morgan fingerprint density at radius 2 is 1.94 bits per heavy atom. The molecule has 6 nitrogen and oxygen atoms in total. The summed E-state index contributed by atoms with van der Waals surface area (Å²) in [6.07, 6.45) is 0. The number of nitrogens with one attached hydrogen (secondary N) is 2. The predicted molar refractivity (Wildman–Crippen MR) is 68.0 cm³/mol. The summed E-state index contributed by atoms with van der Waals surface area (Å²) in [5.41, 5.74) is 5.77. The summed E-state index contributed by atoms with van der Waals surface area (Å²) in [7, 11) is 0. The molecule has 0 fully saturated rings. The van der Waals surface area contributed by atoms with Crippen LogP contribution in [0.4, 0.5) is 5.69 Å². The fourth-order valence-corrected chi connectivity index (χ4v) is 1.24. The van der Waals surface area contributed by atoms with Crippen LogP contribution in [-0.4, -0.2) is 38.1 Å². The molecule has 0 aromatic heterocycles.